The first-order chi connectivity index (χ1) is 10.9. The molecule has 0 atom stereocenters. The summed E-state index contributed by atoms with van der Waals surface area (Å²) in [7, 11) is 1.48. The van der Waals surface area contributed by atoms with Crippen molar-refractivity contribution in [1.82, 2.24) is 5.32 Å². The minimum atomic E-state index is -0.833. The van der Waals surface area contributed by atoms with Gasteiger partial charge in [-0.05, 0) is 23.8 Å². The third-order valence-corrected chi connectivity index (χ3v) is 3.37. The van der Waals surface area contributed by atoms with Gasteiger partial charge >= 0.3 is 0 Å². The predicted octanol–water partition coefficient (Wildman–Crippen LogP) is 3.33. The number of amides is 1. The van der Waals surface area contributed by atoms with Crippen LogP contribution in [0.5, 0.6) is 5.75 Å². The van der Waals surface area contributed by atoms with Crippen LogP contribution in [-0.4, -0.2) is 17.9 Å². The number of hydrogen-bond acceptors (Lipinski definition) is 4. The lowest BCUT2D eigenvalue weighted by Gasteiger charge is -2.08. The van der Waals surface area contributed by atoms with E-state index in [4.69, 9.17) is 16.3 Å². The van der Waals surface area contributed by atoms with Crippen LogP contribution in [0.1, 0.15) is 15.9 Å². The highest BCUT2D eigenvalue weighted by Crippen LogP contribution is 2.25. The number of hydrogen-bond donors (Lipinski definition) is 1. The van der Waals surface area contributed by atoms with E-state index < -0.39 is 16.6 Å². The van der Waals surface area contributed by atoms with E-state index in [9.17, 15) is 19.3 Å². The molecule has 1 N–H and O–H groups in total. The summed E-state index contributed by atoms with van der Waals surface area (Å²) >= 11 is 5.97. The van der Waals surface area contributed by atoms with Crippen LogP contribution in [-0.2, 0) is 6.54 Å². The van der Waals surface area contributed by atoms with E-state index in [0.717, 1.165) is 18.2 Å². The average molecular weight is 339 g/mol. The number of carbonyl (C=O) groups excluding carboxylic acids is 1. The molecule has 0 bridgehead atoms. The number of nitro benzene ring substituents is 1. The van der Waals surface area contributed by atoms with Crippen LogP contribution < -0.4 is 10.1 Å². The second kappa shape index (κ2) is 7.06. The summed E-state index contributed by atoms with van der Waals surface area (Å²) in [5, 5.41) is 13.6. The number of benzene rings is 2. The number of ether oxygens (including phenoxy) is 1. The molecule has 0 heterocycles. The van der Waals surface area contributed by atoms with Crippen LogP contribution in [0.2, 0.25) is 5.02 Å². The molecule has 2 aromatic rings. The van der Waals surface area contributed by atoms with Gasteiger partial charge in [0.05, 0.1) is 22.6 Å². The maximum atomic E-state index is 13.7. The molecule has 0 saturated carbocycles. The second-order valence-corrected chi connectivity index (χ2v) is 4.98. The maximum Gasteiger partial charge on any atom is 0.270 e. The molecule has 6 nitrogen and oxygen atoms in total. The molecule has 23 heavy (non-hydrogen) atoms. The van der Waals surface area contributed by atoms with E-state index in [2.05, 4.69) is 5.32 Å². The fourth-order valence-corrected chi connectivity index (χ4v) is 2.18. The molecule has 0 spiro atoms. The van der Waals surface area contributed by atoms with Crippen molar-refractivity contribution in [2.24, 2.45) is 0 Å². The molecule has 2 rings (SSSR count). The van der Waals surface area contributed by atoms with E-state index in [-0.39, 0.29) is 17.8 Å². The van der Waals surface area contributed by atoms with Crippen LogP contribution in [0.3, 0.4) is 0 Å². The normalized spacial score (nSPS) is 10.2. The van der Waals surface area contributed by atoms with E-state index in [1.54, 1.807) is 18.2 Å². The monoisotopic (exact) mass is 338 g/mol. The smallest absolute Gasteiger partial charge is 0.270 e. The predicted molar refractivity (Wildman–Crippen MR) is 82.2 cm³/mol. The number of nitrogens with one attached hydrogen (secondary N) is 1. The van der Waals surface area contributed by atoms with Crippen molar-refractivity contribution in [2.45, 2.75) is 6.54 Å². The summed E-state index contributed by atoms with van der Waals surface area (Å²) in [6.45, 7) is 0.0880. The molecule has 0 unspecified atom stereocenters. The van der Waals surface area contributed by atoms with Gasteiger partial charge in [0.15, 0.2) is 0 Å². The number of nitrogens with zero attached hydrogens (tertiary/aromatic N) is 1. The number of carbonyl (C=O) groups is 1. The summed E-state index contributed by atoms with van der Waals surface area (Å²) in [6, 6.07) is 7.70. The Balaban J connectivity index is 2.12. The van der Waals surface area contributed by atoms with Gasteiger partial charge in [-0.25, -0.2) is 4.39 Å². The van der Waals surface area contributed by atoms with E-state index in [1.165, 1.54) is 7.11 Å². The largest absolute Gasteiger partial charge is 0.495 e. The molecule has 0 aliphatic carbocycles. The molecule has 0 aliphatic rings. The lowest BCUT2D eigenvalue weighted by molar-refractivity contribution is -0.384. The van der Waals surface area contributed by atoms with Gasteiger partial charge in [0.2, 0.25) is 0 Å². The van der Waals surface area contributed by atoms with Crippen LogP contribution >= 0.6 is 11.6 Å². The Morgan fingerprint density at radius 1 is 1.35 bits per heavy atom. The van der Waals surface area contributed by atoms with Crippen LogP contribution in [0.15, 0.2) is 36.4 Å². The van der Waals surface area contributed by atoms with Crippen molar-refractivity contribution in [3.63, 3.8) is 0 Å². The van der Waals surface area contributed by atoms with E-state index in [1.807, 2.05) is 0 Å². The Morgan fingerprint density at radius 3 is 2.70 bits per heavy atom. The standard InChI is InChI=1S/C15H12ClFN2O4/c1-23-14-5-2-9(6-12(14)16)8-18-15(20)11-7-10(19(21)22)3-4-13(11)17/h2-7H,8H2,1H3,(H,18,20). The van der Waals surface area contributed by atoms with Crippen LogP contribution in [0.25, 0.3) is 0 Å². The number of non-ortho nitro benzene ring substituents is 1. The van der Waals surface area contributed by atoms with E-state index in [0.29, 0.717) is 16.3 Å². The molecular formula is C15H12ClFN2O4. The Hall–Kier alpha value is -2.67. The van der Waals surface area contributed by atoms with Crippen molar-refractivity contribution < 1.29 is 18.8 Å². The highest BCUT2D eigenvalue weighted by Gasteiger charge is 2.16. The fourth-order valence-electron chi connectivity index (χ4n) is 1.90. The minimum absolute atomic E-state index is 0.0880. The highest BCUT2D eigenvalue weighted by atomic mass is 35.5. The molecule has 2 aromatic carbocycles. The molecular weight excluding hydrogens is 327 g/mol. The molecule has 1 amide bonds. The zero-order chi connectivity index (χ0) is 17.0. The summed E-state index contributed by atoms with van der Waals surface area (Å²) in [4.78, 5) is 22.0. The molecule has 120 valence electrons. The zero-order valence-electron chi connectivity index (χ0n) is 12.0. The molecule has 0 aliphatic heterocycles. The zero-order valence-corrected chi connectivity index (χ0v) is 12.8. The lowest BCUT2D eigenvalue weighted by Crippen LogP contribution is -2.24. The molecule has 8 heteroatoms. The SMILES string of the molecule is COc1ccc(CNC(=O)c2cc([N+](=O)[O-])ccc2F)cc1Cl. The third-order valence-electron chi connectivity index (χ3n) is 3.07. The molecule has 0 fully saturated rings. The van der Waals surface area contributed by atoms with Gasteiger partial charge in [-0.15, -0.1) is 0 Å². The van der Waals surface area contributed by atoms with Gasteiger partial charge in [-0.3, -0.25) is 14.9 Å². The first-order valence-electron chi connectivity index (χ1n) is 6.47. The van der Waals surface area contributed by atoms with Crippen LogP contribution in [0.4, 0.5) is 10.1 Å². The topological polar surface area (TPSA) is 81.5 Å². The Labute approximate surface area is 136 Å². The quantitative estimate of drug-likeness (QED) is 0.669. The number of rotatable bonds is 5. The summed E-state index contributed by atoms with van der Waals surface area (Å²) in [5.74, 6) is -1.09. The maximum absolute atomic E-state index is 13.7. The van der Waals surface area contributed by atoms with E-state index >= 15 is 0 Å². The molecule has 0 radical (unpaired) electrons. The van der Waals surface area contributed by atoms with Crippen molar-refractivity contribution in [3.8, 4) is 5.75 Å². The van der Waals surface area contributed by atoms with Crippen molar-refractivity contribution >= 4 is 23.2 Å². The van der Waals surface area contributed by atoms with Crippen molar-refractivity contribution in [3.05, 3.63) is 68.5 Å². The minimum Gasteiger partial charge on any atom is -0.495 e. The Bertz CT molecular complexity index is 767. The fraction of sp³-hybridized carbons (Fsp3) is 0.133. The van der Waals surface area contributed by atoms with Gasteiger partial charge in [-0.1, -0.05) is 17.7 Å². The van der Waals surface area contributed by atoms with Gasteiger partial charge in [-0.2, -0.15) is 0 Å². The second-order valence-electron chi connectivity index (χ2n) is 4.57. The first kappa shape index (κ1) is 16.7. The average Bonchev–Trinajstić information content (AvgIpc) is 2.53. The van der Waals surface area contributed by atoms with Crippen molar-refractivity contribution in [1.29, 1.82) is 0 Å². The van der Waals surface area contributed by atoms with Gasteiger partial charge in [0.25, 0.3) is 11.6 Å². The van der Waals surface area contributed by atoms with Gasteiger partial charge < -0.3 is 10.1 Å². The first-order valence-corrected chi connectivity index (χ1v) is 6.84. The summed E-state index contributed by atoms with van der Waals surface area (Å²) < 4.78 is 18.7. The third kappa shape index (κ3) is 3.95. The Morgan fingerprint density at radius 2 is 2.09 bits per heavy atom. The summed E-state index contributed by atoms with van der Waals surface area (Å²) in [6.07, 6.45) is 0. The highest BCUT2D eigenvalue weighted by molar-refractivity contribution is 6.32. The van der Waals surface area contributed by atoms with Gasteiger partial charge in [0, 0.05) is 18.7 Å². The lowest BCUT2D eigenvalue weighted by atomic mass is 10.1. The number of methoxy groups -OCH3 is 1. The Kier molecular flexibility index (Phi) is 5.13. The number of nitro groups is 1. The molecule has 0 aromatic heterocycles. The summed E-state index contributed by atoms with van der Waals surface area (Å²) in [5.41, 5.74) is -0.0714. The van der Waals surface area contributed by atoms with Crippen LogP contribution in [0, 0.1) is 15.9 Å². The van der Waals surface area contributed by atoms with Gasteiger partial charge in [0.1, 0.15) is 11.6 Å². The van der Waals surface area contributed by atoms with Crippen molar-refractivity contribution in [2.75, 3.05) is 7.11 Å². The molecule has 0 saturated heterocycles. The number of halogens is 2.